The summed E-state index contributed by atoms with van der Waals surface area (Å²) in [4.78, 5) is 4.67. The molecule has 1 saturated carbocycles. The zero-order valence-corrected chi connectivity index (χ0v) is 14.8. The third kappa shape index (κ3) is 3.41. The Hall–Kier alpha value is -1.62. The van der Waals surface area contributed by atoms with Crippen LogP contribution in [-0.2, 0) is 11.3 Å². The maximum atomic E-state index is 13.0. The van der Waals surface area contributed by atoms with Crippen LogP contribution in [-0.4, -0.2) is 31.3 Å². The van der Waals surface area contributed by atoms with Crippen molar-refractivity contribution in [3.8, 4) is 0 Å². The highest BCUT2D eigenvalue weighted by Gasteiger charge is 2.58. The van der Waals surface area contributed by atoms with Crippen LogP contribution in [0.1, 0.15) is 39.2 Å². The Balaban J connectivity index is 1.67. The van der Waals surface area contributed by atoms with Crippen molar-refractivity contribution in [1.29, 1.82) is 0 Å². The maximum Gasteiger partial charge on any atom is 0.191 e. The van der Waals surface area contributed by atoms with Gasteiger partial charge in [-0.2, -0.15) is 0 Å². The fourth-order valence-electron chi connectivity index (χ4n) is 4.04. The highest BCUT2D eigenvalue weighted by atomic mass is 19.1. The predicted octanol–water partition coefficient (Wildman–Crippen LogP) is 3.08. The molecule has 1 aliphatic carbocycles. The molecule has 0 spiro atoms. The van der Waals surface area contributed by atoms with E-state index in [0.717, 1.165) is 31.1 Å². The second-order valence-electron chi connectivity index (χ2n) is 7.36. The Morgan fingerprint density at radius 2 is 2.08 bits per heavy atom. The summed E-state index contributed by atoms with van der Waals surface area (Å²) in [7, 11) is 0. The lowest BCUT2D eigenvalue weighted by molar-refractivity contribution is -0.188. The number of ether oxygens (including phenoxy) is 1. The maximum absolute atomic E-state index is 13.0. The molecule has 0 aromatic heterocycles. The highest BCUT2D eigenvalue weighted by molar-refractivity contribution is 5.80. The molecule has 1 aromatic carbocycles. The van der Waals surface area contributed by atoms with Crippen molar-refractivity contribution in [2.45, 2.75) is 52.3 Å². The van der Waals surface area contributed by atoms with Crippen LogP contribution < -0.4 is 10.6 Å². The van der Waals surface area contributed by atoms with Crippen LogP contribution in [0.3, 0.4) is 0 Å². The van der Waals surface area contributed by atoms with Crippen LogP contribution in [0.25, 0.3) is 0 Å². The highest BCUT2D eigenvalue weighted by Crippen LogP contribution is 2.51. The molecule has 1 heterocycles. The van der Waals surface area contributed by atoms with E-state index in [-0.39, 0.29) is 11.2 Å². The molecule has 3 unspecified atom stereocenters. The number of fused-ring (bicyclic) bond motifs is 1. The summed E-state index contributed by atoms with van der Waals surface area (Å²) >= 11 is 0. The fraction of sp³-hybridized carbons (Fsp3) is 0.632. The van der Waals surface area contributed by atoms with Crippen LogP contribution in [0.15, 0.2) is 29.3 Å². The Morgan fingerprint density at radius 1 is 1.33 bits per heavy atom. The van der Waals surface area contributed by atoms with Gasteiger partial charge < -0.3 is 15.4 Å². The van der Waals surface area contributed by atoms with Gasteiger partial charge in [-0.1, -0.05) is 26.0 Å². The summed E-state index contributed by atoms with van der Waals surface area (Å²) in [5.41, 5.74) is 1.11. The third-order valence-corrected chi connectivity index (χ3v) is 5.30. The van der Waals surface area contributed by atoms with E-state index in [1.165, 1.54) is 18.6 Å². The van der Waals surface area contributed by atoms with Crippen molar-refractivity contribution in [3.05, 3.63) is 35.6 Å². The van der Waals surface area contributed by atoms with Gasteiger partial charge in [0.25, 0.3) is 0 Å². The largest absolute Gasteiger partial charge is 0.377 e. The topological polar surface area (TPSA) is 45.7 Å². The molecule has 24 heavy (non-hydrogen) atoms. The van der Waals surface area contributed by atoms with Crippen LogP contribution in [0.4, 0.5) is 4.39 Å². The lowest BCUT2D eigenvalue weighted by Gasteiger charge is -2.60. The minimum Gasteiger partial charge on any atom is -0.377 e. The lowest BCUT2D eigenvalue weighted by atomic mass is 9.55. The van der Waals surface area contributed by atoms with Crippen molar-refractivity contribution < 1.29 is 9.13 Å². The average molecular weight is 333 g/mol. The van der Waals surface area contributed by atoms with Crippen molar-refractivity contribution >= 4 is 5.96 Å². The average Bonchev–Trinajstić information content (AvgIpc) is 2.58. The van der Waals surface area contributed by atoms with Gasteiger partial charge in [0.15, 0.2) is 5.96 Å². The monoisotopic (exact) mass is 333 g/mol. The van der Waals surface area contributed by atoms with Gasteiger partial charge in [-0.3, -0.25) is 0 Å². The Kier molecular flexibility index (Phi) is 5.09. The van der Waals surface area contributed by atoms with E-state index >= 15 is 0 Å². The molecular weight excluding hydrogens is 305 g/mol. The van der Waals surface area contributed by atoms with Crippen molar-refractivity contribution in [2.24, 2.45) is 16.3 Å². The molecule has 0 radical (unpaired) electrons. The number of halogens is 1. The summed E-state index contributed by atoms with van der Waals surface area (Å²) in [6.45, 7) is 8.82. The molecular formula is C19H28FN3O. The number of nitrogens with one attached hydrogen (secondary N) is 2. The number of hydrogen-bond acceptors (Lipinski definition) is 2. The van der Waals surface area contributed by atoms with Gasteiger partial charge in [0.1, 0.15) is 5.82 Å². The number of guanidine groups is 1. The van der Waals surface area contributed by atoms with E-state index in [0.29, 0.717) is 24.6 Å². The Bertz CT molecular complexity index is 585. The summed E-state index contributed by atoms with van der Waals surface area (Å²) in [5.74, 6) is 1.17. The standard InChI is InChI=1S/C19H28FN3O/c1-4-21-18(22-12-13-7-9-14(20)10-8-13)23-16-15-6-5-11-24-17(15)19(16,2)3/h7-10,15-17H,4-6,11-12H2,1-3H3,(H2,21,22,23). The lowest BCUT2D eigenvalue weighted by Crippen LogP contribution is -2.71. The molecule has 1 saturated heterocycles. The number of rotatable bonds is 4. The van der Waals surface area contributed by atoms with E-state index in [9.17, 15) is 4.39 Å². The van der Waals surface area contributed by atoms with Crippen molar-refractivity contribution in [3.63, 3.8) is 0 Å². The van der Waals surface area contributed by atoms with Crippen LogP contribution in [0.5, 0.6) is 0 Å². The second-order valence-corrected chi connectivity index (χ2v) is 7.36. The van der Waals surface area contributed by atoms with Gasteiger partial charge in [-0.05, 0) is 37.5 Å². The zero-order valence-electron chi connectivity index (χ0n) is 14.8. The zero-order chi connectivity index (χ0) is 17.2. The molecule has 2 fully saturated rings. The molecule has 3 atom stereocenters. The third-order valence-electron chi connectivity index (χ3n) is 5.30. The van der Waals surface area contributed by atoms with Gasteiger partial charge in [-0.15, -0.1) is 0 Å². The van der Waals surface area contributed by atoms with Gasteiger partial charge >= 0.3 is 0 Å². The fourth-order valence-corrected chi connectivity index (χ4v) is 4.04. The molecule has 0 bridgehead atoms. The number of nitrogens with zero attached hydrogens (tertiary/aromatic N) is 1. The smallest absolute Gasteiger partial charge is 0.191 e. The van der Waals surface area contributed by atoms with Crippen molar-refractivity contribution in [1.82, 2.24) is 10.6 Å². The number of aliphatic imine (C=N–C) groups is 1. The minimum atomic E-state index is -0.215. The van der Waals surface area contributed by atoms with Gasteiger partial charge in [0, 0.05) is 30.5 Å². The molecule has 0 amide bonds. The molecule has 1 aliphatic heterocycles. The second kappa shape index (κ2) is 7.09. The van der Waals surface area contributed by atoms with Crippen LogP contribution >= 0.6 is 0 Å². The first-order valence-corrected chi connectivity index (χ1v) is 8.93. The van der Waals surface area contributed by atoms with E-state index in [2.05, 4.69) is 36.4 Å². The summed E-state index contributed by atoms with van der Waals surface area (Å²) in [6, 6.07) is 6.88. The quantitative estimate of drug-likeness (QED) is 0.657. The van der Waals surface area contributed by atoms with E-state index in [1.807, 2.05) is 0 Å². The van der Waals surface area contributed by atoms with Gasteiger partial charge in [0.05, 0.1) is 12.6 Å². The molecule has 1 aromatic rings. The van der Waals surface area contributed by atoms with Crippen LogP contribution in [0, 0.1) is 17.2 Å². The molecule has 5 heteroatoms. The molecule has 3 rings (SSSR count). The van der Waals surface area contributed by atoms with Crippen molar-refractivity contribution in [2.75, 3.05) is 13.2 Å². The molecule has 2 N–H and O–H groups in total. The van der Waals surface area contributed by atoms with Gasteiger partial charge in [0.2, 0.25) is 0 Å². The molecule has 2 aliphatic rings. The normalized spacial score (nSPS) is 28.7. The SMILES string of the molecule is CCNC(=NCc1ccc(F)cc1)NC1C2CCCOC2C1(C)C. The molecule has 132 valence electrons. The summed E-state index contributed by atoms with van der Waals surface area (Å²) in [5, 5.41) is 6.93. The van der Waals surface area contributed by atoms with E-state index in [1.54, 1.807) is 12.1 Å². The van der Waals surface area contributed by atoms with Gasteiger partial charge in [-0.25, -0.2) is 9.38 Å². The minimum absolute atomic E-state index is 0.108. The first kappa shape index (κ1) is 17.2. The molecule has 4 nitrogen and oxygen atoms in total. The summed E-state index contributed by atoms with van der Waals surface area (Å²) in [6.07, 6.45) is 2.70. The van der Waals surface area contributed by atoms with E-state index < -0.39 is 0 Å². The Labute approximate surface area is 143 Å². The van der Waals surface area contributed by atoms with Crippen LogP contribution in [0.2, 0.25) is 0 Å². The number of benzene rings is 1. The predicted molar refractivity (Wildman–Crippen MR) is 94.4 cm³/mol. The first-order valence-electron chi connectivity index (χ1n) is 8.93. The Morgan fingerprint density at radius 3 is 2.79 bits per heavy atom. The first-order chi connectivity index (χ1) is 11.5. The number of hydrogen-bond donors (Lipinski definition) is 2. The van der Waals surface area contributed by atoms with E-state index in [4.69, 9.17) is 4.74 Å². The summed E-state index contributed by atoms with van der Waals surface area (Å²) < 4.78 is 19.0.